The summed E-state index contributed by atoms with van der Waals surface area (Å²) in [7, 11) is -3.68. The molecule has 0 spiro atoms. The highest BCUT2D eigenvalue weighted by molar-refractivity contribution is 9.10. The van der Waals surface area contributed by atoms with Gasteiger partial charge in [-0.15, -0.1) is 0 Å². The van der Waals surface area contributed by atoms with Crippen molar-refractivity contribution in [3.8, 4) is 5.75 Å². The van der Waals surface area contributed by atoms with Gasteiger partial charge in [0.1, 0.15) is 16.3 Å². The van der Waals surface area contributed by atoms with Crippen LogP contribution in [0.25, 0.3) is 0 Å². The molecule has 0 bridgehead atoms. The molecule has 1 atom stereocenters. The number of benzene rings is 1. The fourth-order valence-corrected chi connectivity index (χ4v) is 6.27. The molecule has 1 amide bonds. The molecule has 4 rings (SSSR count). The monoisotopic (exact) mass is 497 g/mol. The Morgan fingerprint density at radius 3 is 2.63 bits per heavy atom. The van der Waals surface area contributed by atoms with E-state index in [4.69, 9.17) is 9.26 Å². The van der Waals surface area contributed by atoms with Crippen LogP contribution in [0, 0.1) is 19.8 Å². The molecule has 10 heteroatoms. The normalized spacial score (nSPS) is 20.4. The van der Waals surface area contributed by atoms with Crippen molar-refractivity contribution in [3.63, 3.8) is 0 Å². The number of amides is 1. The number of carbonyl (C=O) groups is 1. The van der Waals surface area contributed by atoms with Crippen LogP contribution in [-0.4, -0.2) is 43.5 Å². The largest absolute Gasteiger partial charge is 0.493 e. The lowest BCUT2D eigenvalue weighted by atomic mass is 9.95. The standard InChI is InChI=1S/C20H24BrN3O5S/c1-12-19(13(2)29-23-12)30(26,27)24-8-5-14(6-9-24)20(25)22-17-7-10-28-18-4-3-15(21)11-16(17)18/h3-4,11,14,17H,5-10H2,1-2H3,(H,22,25). The number of rotatable bonds is 4. The number of hydrogen-bond donors (Lipinski definition) is 1. The SMILES string of the molecule is Cc1noc(C)c1S(=O)(=O)N1CCC(C(=O)NC2CCOc3ccc(Br)cc32)CC1. The van der Waals surface area contributed by atoms with Gasteiger partial charge >= 0.3 is 0 Å². The summed E-state index contributed by atoms with van der Waals surface area (Å²) in [6.45, 7) is 4.35. The van der Waals surface area contributed by atoms with E-state index in [2.05, 4.69) is 26.4 Å². The minimum absolute atomic E-state index is 0.0396. The van der Waals surface area contributed by atoms with E-state index in [1.807, 2.05) is 18.2 Å². The van der Waals surface area contributed by atoms with Gasteiger partial charge in [0.15, 0.2) is 5.76 Å². The topological polar surface area (TPSA) is 102 Å². The molecule has 0 radical (unpaired) electrons. The third-order valence-electron chi connectivity index (χ3n) is 5.72. The average molecular weight is 498 g/mol. The lowest BCUT2D eigenvalue weighted by molar-refractivity contribution is -0.127. The van der Waals surface area contributed by atoms with Crippen LogP contribution in [0.15, 0.2) is 32.1 Å². The number of nitrogens with one attached hydrogen (secondary N) is 1. The molecule has 0 saturated carbocycles. The Kier molecular flexibility index (Phi) is 5.91. The van der Waals surface area contributed by atoms with Crippen LogP contribution in [0.4, 0.5) is 0 Å². The number of hydrogen-bond acceptors (Lipinski definition) is 6. The zero-order valence-corrected chi connectivity index (χ0v) is 19.3. The molecule has 1 aromatic heterocycles. The second-order valence-corrected chi connectivity index (χ2v) is 10.5. The summed E-state index contributed by atoms with van der Waals surface area (Å²) in [4.78, 5) is 13.0. The molecule has 1 N–H and O–H groups in total. The summed E-state index contributed by atoms with van der Waals surface area (Å²) < 4.78 is 39.0. The van der Waals surface area contributed by atoms with Gasteiger partial charge in [0.25, 0.3) is 0 Å². The minimum atomic E-state index is -3.68. The van der Waals surface area contributed by atoms with Crippen molar-refractivity contribution in [2.45, 2.75) is 44.0 Å². The molecule has 2 aliphatic heterocycles. The van der Waals surface area contributed by atoms with Crippen molar-refractivity contribution >= 4 is 31.9 Å². The zero-order chi connectivity index (χ0) is 21.5. The first-order valence-corrected chi connectivity index (χ1v) is 12.2. The van der Waals surface area contributed by atoms with Crippen molar-refractivity contribution in [1.82, 2.24) is 14.8 Å². The van der Waals surface area contributed by atoms with Crippen molar-refractivity contribution in [3.05, 3.63) is 39.7 Å². The predicted octanol–water partition coefficient (Wildman–Crippen LogP) is 3.09. The lowest BCUT2D eigenvalue weighted by Crippen LogP contribution is -2.44. The Bertz CT molecular complexity index is 1040. The van der Waals surface area contributed by atoms with Crippen molar-refractivity contribution in [2.24, 2.45) is 5.92 Å². The average Bonchev–Trinajstić information content (AvgIpc) is 3.07. The number of ether oxygens (including phenoxy) is 1. The maximum absolute atomic E-state index is 13.0. The van der Waals surface area contributed by atoms with Crippen LogP contribution < -0.4 is 10.1 Å². The Hall–Kier alpha value is -1.91. The maximum atomic E-state index is 13.0. The van der Waals surface area contributed by atoms with Crippen LogP contribution >= 0.6 is 15.9 Å². The molecule has 8 nitrogen and oxygen atoms in total. The molecule has 2 aromatic rings. The number of sulfonamides is 1. The summed E-state index contributed by atoms with van der Waals surface area (Å²) in [5, 5.41) is 6.89. The summed E-state index contributed by atoms with van der Waals surface area (Å²) in [5.41, 5.74) is 1.32. The summed E-state index contributed by atoms with van der Waals surface area (Å²) in [6, 6.07) is 5.68. The first-order chi connectivity index (χ1) is 14.3. The third kappa shape index (κ3) is 4.00. The highest BCUT2D eigenvalue weighted by Gasteiger charge is 2.36. The van der Waals surface area contributed by atoms with Crippen LogP contribution in [-0.2, 0) is 14.8 Å². The van der Waals surface area contributed by atoms with Crippen LogP contribution in [0.5, 0.6) is 5.75 Å². The van der Waals surface area contributed by atoms with Gasteiger partial charge in [-0.1, -0.05) is 21.1 Å². The van der Waals surface area contributed by atoms with E-state index >= 15 is 0 Å². The van der Waals surface area contributed by atoms with Gasteiger partial charge in [-0.25, -0.2) is 8.42 Å². The summed E-state index contributed by atoms with van der Waals surface area (Å²) in [6.07, 6.45) is 1.65. The second kappa shape index (κ2) is 8.32. The number of piperidine rings is 1. The van der Waals surface area contributed by atoms with Gasteiger partial charge in [0, 0.05) is 35.5 Å². The van der Waals surface area contributed by atoms with E-state index in [0.717, 1.165) is 15.8 Å². The van der Waals surface area contributed by atoms with Gasteiger partial charge in [-0.2, -0.15) is 4.31 Å². The van der Waals surface area contributed by atoms with Crippen molar-refractivity contribution < 1.29 is 22.5 Å². The van der Waals surface area contributed by atoms with E-state index in [0.29, 0.717) is 44.7 Å². The molecule has 1 fully saturated rings. The first-order valence-electron chi connectivity index (χ1n) is 9.93. The molecule has 30 heavy (non-hydrogen) atoms. The molecule has 2 aliphatic rings. The van der Waals surface area contributed by atoms with Crippen molar-refractivity contribution in [2.75, 3.05) is 19.7 Å². The van der Waals surface area contributed by atoms with Gasteiger partial charge in [-0.3, -0.25) is 4.79 Å². The summed E-state index contributed by atoms with van der Waals surface area (Å²) >= 11 is 3.47. The molecular formula is C20H24BrN3O5S. The molecular weight excluding hydrogens is 474 g/mol. The molecule has 162 valence electrons. The predicted molar refractivity (Wildman–Crippen MR) is 113 cm³/mol. The third-order valence-corrected chi connectivity index (χ3v) is 8.36. The second-order valence-electron chi connectivity index (χ2n) is 7.71. The Morgan fingerprint density at radius 2 is 1.97 bits per heavy atom. The van der Waals surface area contributed by atoms with Gasteiger partial charge in [0.05, 0.1) is 12.6 Å². The molecule has 3 heterocycles. The quantitative estimate of drug-likeness (QED) is 0.696. The molecule has 1 unspecified atom stereocenters. The van der Waals surface area contributed by atoms with Crippen molar-refractivity contribution in [1.29, 1.82) is 0 Å². The first kappa shape index (κ1) is 21.3. The minimum Gasteiger partial charge on any atom is -0.493 e. The Balaban J connectivity index is 1.41. The number of halogens is 1. The highest BCUT2D eigenvalue weighted by Crippen LogP contribution is 2.35. The van der Waals surface area contributed by atoms with Gasteiger partial charge in [-0.05, 0) is 44.9 Å². The highest BCUT2D eigenvalue weighted by atomic mass is 79.9. The molecule has 0 aliphatic carbocycles. The van der Waals surface area contributed by atoms with Crippen LogP contribution in [0.3, 0.4) is 0 Å². The lowest BCUT2D eigenvalue weighted by Gasteiger charge is -2.32. The van der Waals surface area contributed by atoms with Gasteiger partial charge in [0.2, 0.25) is 15.9 Å². The van der Waals surface area contributed by atoms with E-state index < -0.39 is 10.0 Å². The summed E-state index contributed by atoms with van der Waals surface area (Å²) in [5.74, 6) is 0.814. The fourth-order valence-electron chi connectivity index (χ4n) is 4.14. The number of fused-ring (bicyclic) bond motifs is 1. The fraction of sp³-hybridized carbons (Fsp3) is 0.500. The number of nitrogens with zero attached hydrogens (tertiary/aromatic N) is 2. The van der Waals surface area contributed by atoms with Crippen LogP contribution in [0.2, 0.25) is 0 Å². The van der Waals surface area contributed by atoms with Crippen LogP contribution in [0.1, 0.15) is 42.3 Å². The Morgan fingerprint density at radius 1 is 1.23 bits per heavy atom. The Labute approximate surface area is 184 Å². The maximum Gasteiger partial charge on any atom is 0.248 e. The molecule has 1 aromatic carbocycles. The smallest absolute Gasteiger partial charge is 0.248 e. The number of carbonyl (C=O) groups excluding carboxylic acids is 1. The van der Waals surface area contributed by atoms with E-state index in [-0.39, 0.29) is 28.5 Å². The van der Waals surface area contributed by atoms with E-state index in [9.17, 15) is 13.2 Å². The number of aryl methyl sites for hydroxylation is 2. The van der Waals surface area contributed by atoms with Gasteiger partial charge < -0.3 is 14.6 Å². The van der Waals surface area contributed by atoms with E-state index in [1.54, 1.807) is 13.8 Å². The van der Waals surface area contributed by atoms with E-state index in [1.165, 1.54) is 4.31 Å². The zero-order valence-electron chi connectivity index (χ0n) is 16.9. The molecule has 1 saturated heterocycles. The number of aromatic nitrogens is 1.